The summed E-state index contributed by atoms with van der Waals surface area (Å²) in [5.74, 6) is 0.169. The van der Waals surface area contributed by atoms with E-state index in [4.69, 9.17) is 10.5 Å². The van der Waals surface area contributed by atoms with Crippen LogP contribution in [0.1, 0.15) is 11.8 Å². The molecule has 4 atom stereocenters. The molecule has 1 aromatic carbocycles. The zero-order chi connectivity index (χ0) is 20.8. The van der Waals surface area contributed by atoms with Crippen LogP contribution in [-0.2, 0) is 14.6 Å². The van der Waals surface area contributed by atoms with Gasteiger partial charge < -0.3 is 20.7 Å². The lowest BCUT2D eigenvalue weighted by atomic mass is 10.1. The SMILES string of the molecule is Cc1ccc(S(=O)(=O)/C=C/C2OC(n3cnc4c(N)ncnc43)C(O)C2O)cc1. The van der Waals surface area contributed by atoms with Gasteiger partial charge in [-0.25, -0.2) is 23.4 Å². The van der Waals surface area contributed by atoms with E-state index in [1.807, 2.05) is 6.92 Å². The number of aromatic nitrogens is 4. The standard InChI is InChI=1S/C18H19N5O5S/c1-10-2-4-11(5-3-10)29(26,27)7-6-12-14(24)15(25)18(28-12)23-9-22-13-16(19)20-8-21-17(13)23/h2-9,12,14-15,18,24-25H,1H3,(H2,19,20,21)/b7-6+. The molecule has 2 aromatic heterocycles. The molecule has 0 radical (unpaired) electrons. The summed E-state index contributed by atoms with van der Waals surface area (Å²) in [6.45, 7) is 1.86. The van der Waals surface area contributed by atoms with Crippen molar-refractivity contribution in [3.63, 3.8) is 0 Å². The van der Waals surface area contributed by atoms with E-state index in [9.17, 15) is 18.6 Å². The molecular weight excluding hydrogens is 398 g/mol. The van der Waals surface area contributed by atoms with Crippen molar-refractivity contribution in [2.45, 2.75) is 36.4 Å². The summed E-state index contributed by atoms with van der Waals surface area (Å²) in [6.07, 6.45) is -0.926. The van der Waals surface area contributed by atoms with Gasteiger partial charge in [-0.1, -0.05) is 17.7 Å². The van der Waals surface area contributed by atoms with E-state index in [2.05, 4.69) is 15.0 Å². The van der Waals surface area contributed by atoms with Crippen LogP contribution >= 0.6 is 0 Å². The number of ether oxygens (including phenoxy) is 1. The van der Waals surface area contributed by atoms with Gasteiger partial charge in [0, 0.05) is 5.41 Å². The smallest absolute Gasteiger partial charge is 0.199 e. The summed E-state index contributed by atoms with van der Waals surface area (Å²) >= 11 is 0. The highest BCUT2D eigenvalue weighted by Gasteiger charge is 2.43. The lowest BCUT2D eigenvalue weighted by molar-refractivity contribution is -0.0244. The maximum absolute atomic E-state index is 12.5. The Labute approximate surface area is 166 Å². The van der Waals surface area contributed by atoms with Crippen LogP contribution in [0.25, 0.3) is 11.2 Å². The van der Waals surface area contributed by atoms with Crippen LogP contribution in [-0.4, -0.2) is 56.5 Å². The molecule has 4 N–H and O–H groups in total. The molecule has 0 saturated carbocycles. The monoisotopic (exact) mass is 417 g/mol. The Kier molecular flexibility index (Phi) is 4.82. The molecular formula is C18H19N5O5S. The molecule has 1 aliphatic rings. The minimum Gasteiger partial charge on any atom is -0.387 e. The summed E-state index contributed by atoms with van der Waals surface area (Å²) in [5.41, 5.74) is 7.35. The molecule has 0 bridgehead atoms. The van der Waals surface area contributed by atoms with E-state index in [0.29, 0.717) is 11.2 Å². The average Bonchev–Trinajstić information content (AvgIpc) is 3.24. The first kappa shape index (κ1) is 19.5. The van der Waals surface area contributed by atoms with E-state index in [1.54, 1.807) is 12.1 Å². The minimum atomic E-state index is -3.73. The molecule has 4 unspecified atom stereocenters. The number of anilines is 1. The predicted molar refractivity (Wildman–Crippen MR) is 103 cm³/mol. The fraction of sp³-hybridized carbons (Fsp3) is 0.278. The number of sulfone groups is 1. The highest BCUT2D eigenvalue weighted by molar-refractivity contribution is 7.94. The Bertz CT molecular complexity index is 1180. The average molecular weight is 417 g/mol. The van der Waals surface area contributed by atoms with Crippen molar-refractivity contribution in [1.29, 1.82) is 0 Å². The summed E-state index contributed by atoms with van der Waals surface area (Å²) in [4.78, 5) is 12.2. The number of aliphatic hydroxyl groups is 2. The van der Waals surface area contributed by atoms with Gasteiger partial charge in [0.15, 0.2) is 27.5 Å². The summed E-state index contributed by atoms with van der Waals surface area (Å²) in [5, 5.41) is 21.7. The minimum absolute atomic E-state index is 0.122. The second-order valence-electron chi connectivity index (χ2n) is 6.74. The van der Waals surface area contributed by atoms with Gasteiger partial charge in [-0.2, -0.15) is 0 Å². The summed E-state index contributed by atoms with van der Waals surface area (Å²) in [6, 6.07) is 6.39. The number of aryl methyl sites for hydroxylation is 1. The molecule has 1 saturated heterocycles. The van der Waals surface area contributed by atoms with E-state index in [1.165, 1.54) is 35.4 Å². The molecule has 11 heteroatoms. The second-order valence-corrected chi connectivity index (χ2v) is 8.58. The highest BCUT2D eigenvalue weighted by Crippen LogP contribution is 2.32. The van der Waals surface area contributed by atoms with Crippen LogP contribution in [0.4, 0.5) is 5.82 Å². The van der Waals surface area contributed by atoms with Crippen molar-refractivity contribution < 1.29 is 23.4 Å². The maximum atomic E-state index is 12.5. The molecule has 4 rings (SSSR count). The number of fused-ring (bicyclic) bond motifs is 1. The number of benzene rings is 1. The zero-order valence-electron chi connectivity index (χ0n) is 15.3. The third-order valence-corrected chi connectivity index (χ3v) is 6.18. The normalized spacial score (nSPS) is 25.2. The first-order valence-electron chi connectivity index (χ1n) is 8.72. The van der Waals surface area contributed by atoms with E-state index >= 15 is 0 Å². The van der Waals surface area contributed by atoms with Crippen molar-refractivity contribution in [3.8, 4) is 0 Å². The fourth-order valence-electron chi connectivity index (χ4n) is 3.12. The molecule has 1 aliphatic heterocycles. The van der Waals surface area contributed by atoms with Gasteiger partial charge in [0.1, 0.15) is 30.2 Å². The van der Waals surface area contributed by atoms with Gasteiger partial charge in [-0.05, 0) is 25.1 Å². The van der Waals surface area contributed by atoms with Crippen LogP contribution in [0, 0.1) is 6.92 Å². The molecule has 152 valence electrons. The molecule has 0 aliphatic carbocycles. The maximum Gasteiger partial charge on any atom is 0.199 e. The Morgan fingerprint density at radius 3 is 2.59 bits per heavy atom. The quantitative estimate of drug-likeness (QED) is 0.544. The van der Waals surface area contributed by atoms with Gasteiger partial charge >= 0.3 is 0 Å². The van der Waals surface area contributed by atoms with Crippen LogP contribution in [0.5, 0.6) is 0 Å². The lowest BCUT2D eigenvalue weighted by Gasteiger charge is -2.16. The number of nitrogens with two attached hydrogens (primary N) is 1. The van der Waals surface area contributed by atoms with Gasteiger partial charge in [-0.15, -0.1) is 0 Å². The van der Waals surface area contributed by atoms with Gasteiger partial charge in [0.05, 0.1) is 11.2 Å². The number of rotatable bonds is 4. The van der Waals surface area contributed by atoms with Crippen LogP contribution in [0.2, 0.25) is 0 Å². The van der Waals surface area contributed by atoms with Gasteiger partial charge in [0.25, 0.3) is 0 Å². The summed E-state index contributed by atoms with van der Waals surface area (Å²) in [7, 11) is -3.73. The number of nitrogen functional groups attached to an aromatic ring is 1. The highest BCUT2D eigenvalue weighted by atomic mass is 32.2. The Morgan fingerprint density at radius 2 is 1.86 bits per heavy atom. The zero-order valence-corrected chi connectivity index (χ0v) is 16.1. The van der Waals surface area contributed by atoms with Crippen molar-refractivity contribution in [2.75, 3.05) is 5.73 Å². The molecule has 1 fully saturated rings. The Balaban J connectivity index is 1.59. The van der Waals surface area contributed by atoms with Gasteiger partial charge in [-0.3, -0.25) is 4.57 Å². The molecule has 0 spiro atoms. The Hall–Kier alpha value is -2.86. The fourth-order valence-corrected chi connectivity index (χ4v) is 4.15. The van der Waals surface area contributed by atoms with Crippen molar-refractivity contribution >= 4 is 26.8 Å². The largest absolute Gasteiger partial charge is 0.387 e. The lowest BCUT2D eigenvalue weighted by Crippen LogP contribution is -2.30. The van der Waals surface area contributed by atoms with Gasteiger partial charge in [0.2, 0.25) is 0 Å². The number of nitrogens with zero attached hydrogens (tertiary/aromatic N) is 4. The number of imidazole rings is 1. The van der Waals surface area contributed by atoms with Crippen molar-refractivity contribution in [3.05, 3.63) is 54.0 Å². The second kappa shape index (κ2) is 7.19. The third kappa shape index (κ3) is 3.49. The summed E-state index contributed by atoms with van der Waals surface area (Å²) < 4.78 is 32.1. The van der Waals surface area contributed by atoms with Crippen molar-refractivity contribution in [1.82, 2.24) is 19.5 Å². The van der Waals surface area contributed by atoms with Crippen LogP contribution in [0.3, 0.4) is 0 Å². The first-order valence-corrected chi connectivity index (χ1v) is 10.3. The number of aliphatic hydroxyl groups excluding tert-OH is 2. The van der Waals surface area contributed by atoms with E-state index in [-0.39, 0.29) is 10.7 Å². The Morgan fingerprint density at radius 1 is 1.14 bits per heavy atom. The van der Waals surface area contributed by atoms with Crippen molar-refractivity contribution in [2.24, 2.45) is 0 Å². The molecule has 10 nitrogen and oxygen atoms in total. The first-order chi connectivity index (χ1) is 13.8. The predicted octanol–water partition coefficient (Wildman–Crippen LogP) is 0.324. The molecule has 3 aromatic rings. The molecule has 0 amide bonds. The topological polar surface area (TPSA) is 153 Å². The number of hydrogen-bond acceptors (Lipinski definition) is 9. The van der Waals surface area contributed by atoms with E-state index < -0.39 is 34.4 Å². The van der Waals surface area contributed by atoms with Crippen LogP contribution in [0.15, 0.2) is 53.3 Å². The molecule has 29 heavy (non-hydrogen) atoms. The van der Waals surface area contributed by atoms with E-state index in [0.717, 1.165) is 11.0 Å². The van der Waals surface area contributed by atoms with Crippen LogP contribution < -0.4 is 5.73 Å². The number of hydrogen-bond donors (Lipinski definition) is 3. The third-order valence-electron chi connectivity index (χ3n) is 4.73. The molecule has 3 heterocycles.